The molecule has 1 aliphatic carbocycles. The van der Waals surface area contributed by atoms with Gasteiger partial charge in [-0.2, -0.15) is 4.98 Å². The molecular formula is C12H19N3O. The Morgan fingerprint density at radius 2 is 2.31 bits per heavy atom. The monoisotopic (exact) mass is 221 g/mol. The third kappa shape index (κ3) is 1.98. The molecule has 3 rings (SSSR count). The summed E-state index contributed by atoms with van der Waals surface area (Å²) in [5, 5.41) is 7.59. The normalized spacial score (nSPS) is 30.6. The second kappa shape index (κ2) is 3.84. The van der Waals surface area contributed by atoms with E-state index in [1.807, 2.05) is 0 Å². The van der Waals surface area contributed by atoms with Crippen LogP contribution in [-0.2, 0) is 12.0 Å². The van der Waals surface area contributed by atoms with Crippen LogP contribution in [0.25, 0.3) is 0 Å². The van der Waals surface area contributed by atoms with Gasteiger partial charge >= 0.3 is 0 Å². The quantitative estimate of drug-likeness (QED) is 0.848. The molecule has 0 amide bonds. The first kappa shape index (κ1) is 10.3. The average molecular weight is 221 g/mol. The first-order chi connectivity index (χ1) is 7.76. The molecule has 0 radical (unpaired) electrons. The molecule has 2 heterocycles. The van der Waals surface area contributed by atoms with Gasteiger partial charge in [0, 0.05) is 6.42 Å². The maximum absolute atomic E-state index is 5.41. The lowest BCUT2D eigenvalue weighted by molar-refractivity contribution is 0.206. The molecule has 16 heavy (non-hydrogen) atoms. The van der Waals surface area contributed by atoms with Crippen LogP contribution in [0.2, 0.25) is 0 Å². The van der Waals surface area contributed by atoms with Crippen LogP contribution in [0.4, 0.5) is 0 Å². The molecule has 2 fully saturated rings. The maximum atomic E-state index is 5.41. The van der Waals surface area contributed by atoms with E-state index in [9.17, 15) is 0 Å². The fraction of sp³-hybridized carbons (Fsp3) is 0.833. The lowest BCUT2D eigenvalue weighted by Crippen LogP contribution is -2.43. The van der Waals surface area contributed by atoms with Crippen molar-refractivity contribution < 1.29 is 4.52 Å². The lowest BCUT2D eigenvalue weighted by Gasteiger charge is -2.31. The third-order valence-electron chi connectivity index (χ3n) is 3.73. The van der Waals surface area contributed by atoms with Crippen LogP contribution in [0.15, 0.2) is 4.52 Å². The molecule has 4 heteroatoms. The molecule has 1 aromatic rings. The average Bonchev–Trinajstić information content (AvgIpc) is 2.95. The Bertz CT molecular complexity index is 364. The lowest BCUT2D eigenvalue weighted by atomic mass is 9.91. The summed E-state index contributed by atoms with van der Waals surface area (Å²) in [6.45, 7) is 3.22. The van der Waals surface area contributed by atoms with Crippen LogP contribution in [0.1, 0.15) is 50.7 Å². The predicted molar refractivity (Wildman–Crippen MR) is 59.9 cm³/mol. The van der Waals surface area contributed by atoms with Crippen LogP contribution >= 0.6 is 0 Å². The van der Waals surface area contributed by atoms with Crippen molar-refractivity contribution in [2.75, 3.05) is 6.54 Å². The van der Waals surface area contributed by atoms with Crippen LogP contribution in [-0.4, -0.2) is 16.7 Å². The van der Waals surface area contributed by atoms with E-state index in [2.05, 4.69) is 22.4 Å². The largest absolute Gasteiger partial charge is 0.337 e. The van der Waals surface area contributed by atoms with Gasteiger partial charge in [-0.15, -0.1) is 0 Å². The zero-order valence-electron chi connectivity index (χ0n) is 9.83. The van der Waals surface area contributed by atoms with E-state index in [0.717, 1.165) is 37.0 Å². The SMILES string of the molecule is CC1(c2nc(CC3CC3)no2)CCCCN1. The van der Waals surface area contributed by atoms with Crippen molar-refractivity contribution in [2.24, 2.45) is 5.92 Å². The predicted octanol–water partition coefficient (Wildman–Crippen LogP) is 2.01. The summed E-state index contributed by atoms with van der Waals surface area (Å²) in [6, 6.07) is 0. The molecule has 4 nitrogen and oxygen atoms in total. The van der Waals surface area contributed by atoms with Gasteiger partial charge in [0.05, 0.1) is 5.54 Å². The van der Waals surface area contributed by atoms with E-state index in [-0.39, 0.29) is 5.54 Å². The highest BCUT2D eigenvalue weighted by Crippen LogP contribution is 2.33. The Hall–Kier alpha value is -0.900. The molecule has 1 aliphatic heterocycles. The Morgan fingerprint density at radius 1 is 1.44 bits per heavy atom. The second-order valence-corrected chi connectivity index (χ2v) is 5.38. The number of nitrogens with zero attached hydrogens (tertiary/aromatic N) is 2. The number of nitrogens with one attached hydrogen (secondary N) is 1. The van der Waals surface area contributed by atoms with E-state index in [4.69, 9.17) is 4.52 Å². The fourth-order valence-corrected chi connectivity index (χ4v) is 2.38. The minimum Gasteiger partial charge on any atom is -0.337 e. The highest BCUT2D eigenvalue weighted by molar-refractivity contribution is 5.04. The Labute approximate surface area is 95.8 Å². The Morgan fingerprint density at radius 3 is 3.00 bits per heavy atom. The highest BCUT2D eigenvalue weighted by atomic mass is 16.5. The number of aromatic nitrogens is 2. The number of rotatable bonds is 3. The van der Waals surface area contributed by atoms with Gasteiger partial charge in [-0.25, -0.2) is 0 Å². The van der Waals surface area contributed by atoms with Gasteiger partial charge in [-0.3, -0.25) is 0 Å². The van der Waals surface area contributed by atoms with Gasteiger partial charge in [0.2, 0.25) is 5.89 Å². The zero-order valence-corrected chi connectivity index (χ0v) is 9.83. The van der Waals surface area contributed by atoms with Gasteiger partial charge in [0.15, 0.2) is 5.82 Å². The van der Waals surface area contributed by atoms with E-state index in [0.29, 0.717) is 0 Å². The van der Waals surface area contributed by atoms with Crippen molar-refractivity contribution in [3.63, 3.8) is 0 Å². The van der Waals surface area contributed by atoms with Crippen LogP contribution in [0, 0.1) is 5.92 Å². The first-order valence-electron chi connectivity index (χ1n) is 6.34. The van der Waals surface area contributed by atoms with Crippen molar-refractivity contribution in [3.8, 4) is 0 Å². The van der Waals surface area contributed by atoms with E-state index < -0.39 is 0 Å². The second-order valence-electron chi connectivity index (χ2n) is 5.38. The van der Waals surface area contributed by atoms with E-state index in [1.54, 1.807) is 0 Å². The zero-order chi connectivity index (χ0) is 11.0. The van der Waals surface area contributed by atoms with Gasteiger partial charge in [-0.1, -0.05) is 5.16 Å². The highest BCUT2D eigenvalue weighted by Gasteiger charge is 2.34. The van der Waals surface area contributed by atoms with Gasteiger partial charge in [-0.05, 0) is 51.5 Å². The number of hydrogen-bond acceptors (Lipinski definition) is 4. The van der Waals surface area contributed by atoms with Crippen LogP contribution < -0.4 is 5.32 Å². The van der Waals surface area contributed by atoms with Crippen molar-refractivity contribution in [3.05, 3.63) is 11.7 Å². The van der Waals surface area contributed by atoms with Crippen molar-refractivity contribution in [1.82, 2.24) is 15.5 Å². The molecule has 1 atom stereocenters. The van der Waals surface area contributed by atoms with Gasteiger partial charge in [0.25, 0.3) is 0 Å². The summed E-state index contributed by atoms with van der Waals surface area (Å²) in [6.07, 6.45) is 7.25. The molecule has 1 saturated heterocycles. The number of piperidine rings is 1. The van der Waals surface area contributed by atoms with Crippen molar-refractivity contribution in [2.45, 2.75) is 51.0 Å². The molecule has 0 bridgehead atoms. The van der Waals surface area contributed by atoms with Crippen LogP contribution in [0.5, 0.6) is 0 Å². The van der Waals surface area contributed by atoms with Crippen molar-refractivity contribution >= 4 is 0 Å². The van der Waals surface area contributed by atoms with E-state index in [1.165, 1.54) is 25.7 Å². The first-order valence-corrected chi connectivity index (χ1v) is 6.34. The minimum atomic E-state index is -0.0902. The summed E-state index contributed by atoms with van der Waals surface area (Å²) >= 11 is 0. The molecule has 88 valence electrons. The fourth-order valence-electron chi connectivity index (χ4n) is 2.38. The molecule has 0 spiro atoms. The number of hydrogen-bond donors (Lipinski definition) is 1. The smallest absolute Gasteiger partial charge is 0.246 e. The Balaban J connectivity index is 1.74. The summed E-state index contributed by atoms with van der Waals surface area (Å²) in [5.74, 6) is 2.49. The summed E-state index contributed by atoms with van der Waals surface area (Å²) in [7, 11) is 0. The molecule has 1 N–H and O–H groups in total. The summed E-state index contributed by atoms with van der Waals surface area (Å²) in [4.78, 5) is 4.55. The maximum Gasteiger partial charge on any atom is 0.246 e. The molecule has 2 aliphatic rings. The minimum absolute atomic E-state index is 0.0902. The molecule has 1 saturated carbocycles. The summed E-state index contributed by atoms with van der Waals surface area (Å²) < 4.78 is 5.41. The molecular weight excluding hydrogens is 202 g/mol. The van der Waals surface area contributed by atoms with Gasteiger partial charge < -0.3 is 9.84 Å². The third-order valence-corrected chi connectivity index (χ3v) is 3.73. The van der Waals surface area contributed by atoms with E-state index >= 15 is 0 Å². The molecule has 1 unspecified atom stereocenters. The van der Waals surface area contributed by atoms with Crippen LogP contribution in [0.3, 0.4) is 0 Å². The standard InChI is InChI=1S/C12H19N3O/c1-12(6-2-3-7-13-12)11-14-10(15-16-11)8-9-4-5-9/h9,13H,2-8H2,1H3. The topological polar surface area (TPSA) is 51.0 Å². The van der Waals surface area contributed by atoms with Crippen molar-refractivity contribution in [1.29, 1.82) is 0 Å². The summed E-state index contributed by atoms with van der Waals surface area (Å²) in [5.41, 5.74) is -0.0902. The van der Waals surface area contributed by atoms with Gasteiger partial charge in [0.1, 0.15) is 0 Å². The molecule has 0 aromatic carbocycles. The molecule has 1 aromatic heterocycles. The Kier molecular flexibility index (Phi) is 2.46.